The predicted octanol–water partition coefficient (Wildman–Crippen LogP) is 2.79. The fourth-order valence-corrected chi connectivity index (χ4v) is 5.60. The van der Waals surface area contributed by atoms with E-state index in [4.69, 9.17) is 0 Å². The first kappa shape index (κ1) is 18.3. The SMILES string of the molecule is Cn1cc(S(=O)(=O)N2CCCCCC2)cc1C(=O)N1CCc2ccccc21. The zero-order valence-electron chi connectivity index (χ0n) is 15.6. The van der Waals surface area contributed by atoms with Crippen LogP contribution in [0.25, 0.3) is 0 Å². The minimum atomic E-state index is -3.56. The van der Waals surface area contributed by atoms with Crippen molar-refractivity contribution in [1.82, 2.24) is 8.87 Å². The van der Waals surface area contributed by atoms with E-state index in [0.717, 1.165) is 43.4 Å². The number of sulfonamides is 1. The van der Waals surface area contributed by atoms with Crippen LogP contribution in [0, 0.1) is 0 Å². The van der Waals surface area contributed by atoms with Gasteiger partial charge >= 0.3 is 0 Å². The zero-order chi connectivity index (χ0) is 19.0. The summed E-state index contributed by atoms with van der Waals surface area (Å²) in [6, 6.07) is 9.40. The predicted molar refractivity (Wildman–Crippen MR) is 104 cm³/mol. The first-order valence-electron chi connectivity index (χ1n) is 9.55. The Morgan fingerprint density at radius 2 is 1.70 bits per heavy atom. The Labute approximate surface area is 160 Å². The van der Waals surface area contributed by atoms with Crippen molar-refractivity contribution >= 4 is 21.6 Å². The van der Waals surface area contributed by atoms with E-state index in [1.807, 2.05) is 24.3 Å². The molecule has 0 N–H and O–H groups in total. The number of carbonyl (C=O) groups is 1. The number of para-hydroxylation sites is 1. The standard InChI is InChI=1S/C20H25N3O3S/c1-21-15-17(27(25,26)22-11-6-2-3-7-12-22)14-19(21)20(24)23-13-10-16-8-4-5-9-18(16)23/h4-5,8-9,14-15H,2-3,6-7,10-13H2,1H3. The lowest BCUT2D eigenvalue weighted by molar-refractivity contribution is 0.0981. The molecule has 1 fully saturated rings. The first-order chi connectivity index (χ1) is 13.0. The molecule has 0 atom stereocenters. The van der Waals surface area contributed by atoms with Gasteiger partial charge in [0.2, 0.25) is 10.0 Å². The molecule has 2 aliphatic heterocycles. The van der Waals surface area contributed by atoms with Gasteiger partial charge in [-0.1, -0.05) is 31.0 Å². The lowest BCUT2D eigenvalue weighted by atomic mass is 10.2. The van der Waals surface area contributed by atoms with Crippen molar-refractivity contribution in [2.75, 3.05) is 24.5 Å². The van der Waals surface area contributed by atoms with Gasteiger partial charge in [0.1, 0.15) is 10.6 Å². The van der Waals surface area contributed by atoms with Gasteiger partial charge in [-0.25, -0.2) is 8.42 Å². The number of benzene rings is 1. The van der Waals surface area contributed by atoms with Crippen LogP contribution in [0.3, 0.4) is 0 Å². The molecule has 1 saturated heterocycles. The maximum absolute atomic E-state index is 13.1. The molecule has 0 spiro atoms. The summed E-state index contributed by atoms with van der Waals surface area (Å²) in [5.74, 6) is -0.153. The molecule has 7 heteroatoms. The highest BCUT2D eigenvalue weighted by Crippen LogP contribution is 2.30. The number of amides is 1. The largest absolute Gasteiger partial charge is 0.345 e. The molecule has 27 heavy (non-hydrogen) atoms. The topological polar surface area (TPSA) is 62.6 Å². The highest BCUT2D eigenvalue weighted by molar-refractivity contribution is 7.89. The van der Waals surface area contributed by atoms with Crippen LogP contribution in [0.1, 0.15) is 41.7 Å². The summed E-state index contributed by atoms with van der Waals surface area (Å²) in [6.07, 6.45) is 6.31. The summed E-state index contributed by atoms with van der Waals surface area (Å²) < 4.78 is 29.3. The van der Waals surface area contributed by atoms with Crippen LogP contribution in [-0.2, 0) is 23.5 Å². The van der Waals surface area contributed by atoms with Crippen molar-refractivity contribution in [2.45, 2.75) is 37.0 Å². The zero-order valence-corrected chi connectivity index (χ0v) is 16.4. The van der Waals surface area contributed by atoms with Crippen molar-refractivity contribution in [1.29, 1.82) is 0 Å². The van der Waals surface area contributed by atoms with Gasteiger partial charge in [-0.15, -0.1) is 0 Å². The number of hydrogen-bond donors (Lipinski definition) is 0. The monoisotopic (exact) mass is 387 g/mol. The van der Waals surface area contributed by atoms with E-state index in [1.54, 1.807) is 27.0 Å². The number of anilines is 1. The Hall–Kier alpha value is -2.12. The van der Waals surface area contributed by atoms with Crippen LogP contribution >= 0.6 is 0 Å². The van der Waals surface area contributed by atoms with Gasteiger partial charge in [-0.3, -0.25) is 4.79 Å². The van der Waals surface area contributed by atoms with Crippen molar-refractivity contribution in [3.63, 3.8) is 0 Å². The number of carbonyl (C=O) groups excluding carboxylic acids is 1. The smallest absolute Gasteiger partial charge is 0.274 e. The number of fused-ring (bicyclic) bond motifs is 1. The van der Waals surface area contributed by atoms with Gasteiger partial charge in [0.05, 0.1) is 0 Å². The minimum absolute atomic E-state index is 0.153. The van der Waals surface area contributed by atoms with Crippen molar-refractivity contribution in [3.05, 3.63) is 47.8 Å². The second kappa shape index (κ2) is 7.13. The van der Waals surface area contributed by atoms with Crippen LogP contribution in [0.4, 0.5) is 5.69 Å². The average Bonchev–Trinajstić information content (AvgIpc) is 3.15. The van der Waals surface area contributed by atoms with Crippen LogP contribution in [0.15, 0.2) is 41.4 Å². The van der Waals surface area contributed by atoms with Crippen molar-refractivity contribution in [3.8, 4) is 0 Å². The molecule has 1 aromatic heterocycles. The van der Waals surface area contributed by atoms with E-state index >= 15 is 0 Å². The molecule has 3 heterocycles. The first-order valence-corrected chi connectivity index (χ1v) is 11.0. The Bertz CT molecular complexity index is 957. The second-order valence-corrected chi connectivity index (χ2v) is 9.26. The van der Waals surface area contributed by atoms with E-state index in [2.05, 4.69) is 0 Å². The van der Waals surface area contributed by atoms with E-state index in [0.29, 0.717) is 25.3 Å². The maximum atomic E-state index is 13.1. The van der Waals surface area contributed by atoms with Gasteiger partial charge < -0.3 is 9.47 Å². The molecular formula is C20H25N3O3S. The summed E-state index contributed by atoms with van der Waals surface area (Å²) in [5, 5.41) is 0. The molecule has 1 amide bonds. The number of aromatic nitrogens is 1. The van der Waals surface area contributed by atoms with E-state index in [-0.39, 0.29) is 10.8 Å². The summed E-state index contributed by atoms with van der Waals surface area (Å²) in [7, 11) is -1.83. The third-order valence-electron chi connectivity index (χ3n) is 5.53. The highest BCUT2D eigenvalue weighted by atomic mass is 32.2. The molecule has 0 unspecified atom stereocenters. The lowest BCUT2D eigenvalue weighted by Crippen LogP contribution is -2.31. The van der Waals surface area contributed by atoms with Gasteiger partial charge in [0.25, 0.3) is 5.91 Å². The number of nitrogens with zero attached hydrogens (tertiary/aromatic N) is 3. The van der Waals surface area contributed by atoms with Gasteiger partial charge in [-0.05, 0) is 37.0 Å². The Morgan fingerprint density at radius 3 is 2.44 bits per heavy atom. The van der Waals surface area contributed by atoms with E-state index in [1.165, 1.54) is 6.07 Å². The third kappa shape index (κ3) is 3.30. The summed E-state index contributed by atoms with van der Waals surface area (Å²) in [6.45, 7) is 1.73. The molecule has 0 aliphatic carbocycles. The van der Waals surface area contributed by atoms with Crippen LogP contribution in [0.2, 0.25) is 0 Å². The number of hydrogen-bond acceptors (Lipinski definition) is 3. The van der Waals surface area contributed by atoms with Gasteiger partial charge in [0, 0.05) is 38.6 Å². The van der Waals surface area contributed by atoms with Crippen LogP contribution in [0.5, 0.6) is 0 Å². The molecule has 2 aromatic rings. The quantitative estimate of drug-likeness (QED) is 0.814. The van der Waals surface area contributed by atoms with E-state index < -0.39 is 10.0 Å². The molecule has 0 radical (unpaired) electrons. The summed E-state index contributed by atoms with van der Waals surface area (Å²) in [5.41, 5.74) is 2.47. The fourth-order valence-electron chi connectivity index (χ4n) is 4.01. The maximum Gasteiger partial charge on any atom is 0.274 e. The summed E-state index contributed by atoms with van der Waals surface area (Å²) in [4.78, 5) is 15.1. The van der Waals surface area contributed by atoms with Crippen LogP contribution < -0.4 is 4.90 Å². The Balaban J connectivity index is 1.63. The Kier molecular flexibility index (Phi) is 4.82. The normalized spacial score (nSPS) is 18.3. The molecule has 1 aromatic carbocycles. The van der Waals surface area contributed by atoms with Crippen molar-refractivity contribution in [2.24, 2.45) is 7.05 Å². The second-order valence-electron chi connectivity index (χ2n) is 7.33. The Morgan fingerprint density at radius 1 is 1.00 bits per heavy atom. The van der Waals surface area contributed by atoms with Gasteiger partial charge in [-0.2, -0.15) is 4.31 Å². The molecule has 0 bridgehead atoms. The molecule has 0 saturated carbocycles. The van der Waals surface area contributed by atoms with Gasteiger partial charge in [0.15, 0.2) is 0 Å². The molecule has 2 aliphatic rings. The average molecular weight is 388 g/mol. The third-order valence-corrected chi connectivity index (χ3v) is 7.40. The highest BCUT2D eigenvalue weighted by Gasteiger charge is 2.31. The number of rotatable bonds is 3. The minimum Gasteiger partial charge on any atom is -0.345 e. The fraction of sp³-hybridized carbons (Fsp3) is 0.450. The molecular weight excluding hydrogens is 362 g/mol. The van der Waals surface area contributed by atoms with Crippen molar-refractivity contribution < 1.29 is 13.2 Å². The number of aryl methyl sites for hydroxylation is 1. The lowest BCUT2D eigenvalue weighted by Gasteiger charge is -2.19. The molecule has 4 rings (SSSR count). The van der Waals surface area contributed by atoms with Crippen LogP contribution in [-0.4, -0.2) is 42.8 Å². The van der Waals surface area contributed by atoms with E-state index in [9.17, 15) is 13.2 Å². The molecule has 6 nitrogen and oxygen atoms in total. The molecule has 144 valence electrons. The summed E-state index contributed by atoms with van der Waals surface area (Å²) >= 11 is 0.